The lowest BCUT2D eigenvalue weighted by molar-refractivity contribution is -0.141. The number of nitrogens with zero attached hydrogens (tertiary/aromatic N) is 4. The number of alkyl halides is 3. The highest BCUT2D eigenvalue weighted by Crippen LogP contribution is 2.36. The van der Waals surface area contributed by atoms with E-state index in [-0.39, 0.29) is 11.6 Å². The fourth-order valence-corrected chi connectivity index (χ4v) is 4.75. The summed E-state index contributed by atoms with van der Waals surface area (Å²) in [6, 6.07) is 20.2. The first-order valence-corrected chi connectivity index (χ1v) is 11.8. The molecule has 0 unspecified atom stereocenters. The van der Waals surface area contributed by atoms with Gasteiger partial charge in [-0.15, -0.1) is 11.3 Å². The van der Waals surface area contributed by atoms with Crippen molar-refractivity contribution in [1.29, 1.82) is 0 Å². The first-order chi connectivity index (χ1) is 16.7. The van der Waals surface area contributed by atoms with Crippen molar-refractivity contribution in [3.63, 3.8) is 0 Å². The molecule has 5 aromatic rings. The number of aromatic nitrogens is 4. The summed E-state index contributed by atoms with van der Waals surface area (Å²) in [5.41, 5.74) is 5.14. The summed E-state index contributed by atoms with van der Waals surface area (Å²) in [5, 5.41) is 6.57. The lowest BCUT2D eigenvalue weighted by atomic mass is 10.0. The Balaban J connectivity index is 1.81. The van der Waals surface area contributed by atoms with E-state index < -0.39 is 11.9 Å². The molecule has 0 aliphatic rings. The number of hydrogen-bond donors (Lipinski definition) is 0. The van der Waals surface area contributed by atoms with Crippen molar-refractivity contribution in [2.75, 3.05) is 0 Å². The van der Waals surface area contributed by atoms with E-state index in [1.807, 2.05) is 69.3 Å². The molecule has 0 atom stereocenters. The summed E-state index contributed by atoms with van der Waals surface area (Å²) in [4.78, 5) is 9.09. The molecule has 35 heavy (non-hydrogen) atoms. The molecule has 8 heteroatoms. The monoisotopic (exact) mass is 490 g/mol. The second kappa shape index (κ2) is 8.78. The van der Waals surface area contributed by atoms with Crippen molar-refractivity contribution in [3.8, 4) is 39.0 Å². The van der Waals surface area contributed by atoms with Gasteiger partial charge in [-0.05, 0) is 50.4 Å². The van der Waals surface area contributed by atoms with Crippen LogP contribution in [0.2, 0.25) is 0 Å². The van der Waals surface area contributed by atoms with Gasteiger partial charge < -0.3 is 0 Å². The quantitative estimate of drug-likeness (QED) is 0.260. The molecule has 0 saturated carbocycles. The standard InChI is InChI=1S/C27H21F3N4S/c1-16-7-4-9-19(13-16)24-18(3)25(20-10-5-8-17(2)14-20)34(33-24)26-31-21(22-11-6-12-35-22)15-23(32-26)27(28,29)30/h4-15H,1-3H3. The maximum Gasteiger partial charge on any atom is 0.433 e. The maximum atomic E-state index is 13.9. The van der Waals surface area contributed by atoms with Crippen LogP contribution in [-0.2, 0) is 6.18 Å². The summed E-state index contributed by atoms with van der Waals surface area (Å²) < 4.78 is 43.0. The van der Waals surface area contributed by atoms with E-state index >= 15 is 0 Å². The van der Waals surface area contributed by atoms with Gasteiger partial charge in [-0.3, -0.25) is 0 Å². The molecular weight excluding hydrogens is 469 g/mol. The number of benzene rings is 2. The van der Waals surface area contributed by atoms with Crippen molar-refractivity contribution in [2.45, 2.75) is 26.9 Å². The van der Waals surface area contributed by atoms with E-state index in [1.54, 1.807) is 17.5 Å². The molecule has 0 amide bonds. The zero-order valence-electron chi connectivity index (χ0n) is 19.3. The van der Waals surface area contributed by atoms with Gasteiger partial charge >= 0.3 is 6.18 Å². The summed E-state index contributed by atoms with van der Waals surface area (Å²) in [7, 11) is 0. The first kappa shape index (κ1) is 23.0. The van der Waals surface area contributed by atoms with Gasteiger partial charge in [0.15, 0.2) is 5.69 Å². The average Bonchev–Trinajstić information content (AvgIpc) is 3.47. The van der Waals surface area contributed by atoms with E-state index in [2.05, 4.69) is 9.97 Å². The summed E-state index contributed by atoms with van der Waals surface area (Å²) in [6.45, 7) is 5.88. The zero-order chi connectivity index (χ0) is 24.7. The Morgan fingerprint density at radius 2 is 1.49 bits per heavy atom. The summed E-state index contributed by atoms with van der Waals surface area (Å²) in [6.07, 6.45) is -4.63. The smallest absolute Gasteiger partial charge is 0.210 e. The third-order valence-electron chi connectivity index (χ3n) is 5.67. The predicted octanol–water partition coefficient (Wildman–Crippen LogP) is 7.67. The van der Waals surface area contributed by atoms with Crippen molar-refractivity contribution in [3.05, 3.63) is 94.5 Å². The first-order valence-electron chi connectivity index (χ1n) is 10.9. The van der Waals surface area contributed by atoms with Gasteiger partial charge in [0.25, 0.3) is 5.95 Å². The van der Waals surface area contributed by atoms with Gasteiger partial charge in [-0.2, -0.15) is 23.0 Å². The Morgan fingerprint density at radius 1 is 0.800 bits per heavy atom. The maximum absolute atomic E-state index is 13.9. The number of halogens is 3. The van der Waals surface area contributed by atoms with Crippen LogP contribution in [0.5, 0.6) is 0 Å². The molecule has 3 aromatic heterocycles. The van der Waals surface area contributed by atoms with Gasteiger partial charge in [0.1, 0.15) is 0 Å². The van der Waals surface area contributed by atoms with Crippen LogP contribution in [0.4, 0.5) is 13.2 Å². The van der Waals surface area contributed by atoms with E-state index in [1.165, 1.54) is 16.0 Å². The normalized spacial score (nSPS) is 11.7. The molecule has 0 N–H and O–H groups in total. The molecule has 0 bridgehead atoms. The molecule has 0 aliphatic carbocycles. The minimum absolute atomic E-state index is 0.123. The number of hydrogen-bond acceptors (Lipinski definition) is 4. The predicted molar refractivity (Wildman–Crippen MR) is 133 cm³/mol. The van der Waals surface area contributed by atoms with Crippen LogP contribution in [0.1, 0.15) is 22.4 Å². The fraction of sp³-hybridized carbons (Fsp3) is 0.148. The van der Waals surface area contributed by atoms with Crippen molar-refractivity contribution in [1.82, 2.24) is 19.7 Å². The Labute approximate surface area is 204 Å². The number of thiophene rings is 1. The fourth-order valence-electron chi connectivity index (χ4n) is 4.06. The molecular formula is C27H21F3N4S. The van der Waals surface area contributed by atoms with Crippen LogP contribution in [0.15, 0.2) is 72.1 Å². The highest BCUT2D eigenvalue weighted by atomic mass is 32.1. The molecule has 0 saturated heterocycles. The lowest BCUT2D eigenvalue weighted by Gasteiger charge is -2.12. The topological polar surface area (TPSA) is 43.6 Å². The van der Waals surface area contributed by atoms with Gasteiger partial charge in [0.05, 0.1) is 22.0 Å². The third-order valence-corrected chi connectivity index (χ3v) is 6.57. The molecule has 0 radical (unpaired) electrons. The van der Waals surface area contributed by atoms with Gasteiger partial charge in [0.2, 0.25) is 0 Å². The van der Waals surface area contributed by atoms with E-state index in [4.69, 9.17) is 5.10 Å². The van der Waals surface area contributed by atoms with E-state index in [0.29, 0.717) is 16.3 Å². The van der Waals surface area contributed by atoms with Crippen molar-refractivity contribution < 1.29 is 13.2 Å². The van der Waals surface area contributed by atoms with Crippen molar-refractivity contribution in [2.24, 2.45) is 0 Å². The van der Waals surface area contributed by atoms with Crippen LogP contribution >= 0.6 is 11.3 Å². The lowest BCUT2D eigenvalue weighted by Crippen LogP contribution is -2.14. The number of aryl methyl sites for hydroxylation is 2. The molecule has 0 aliphatic heterocycles. The molecule has 4 nitrogen and oxygen atoms in total. The second-order valence-corrected chi connectivity index (χ2v) is 9.33. The molecule has 3 heterocycles. The summed E-state index contributed by atoms with van der Waals surface area (Å²) in [5.74, 6) is -0.123. The Morgan fingerprint density at radius 3 is 2.11 bits per heavy atom. The van der Waals surface area contributed by atoms with Gasteiger partial charge in [-0.1, -0.05) is 53.6 Å². The van der Waals surface area contributed by atoms with Gasteiger partial charge in [-0.25, -0.2) is 9.97 Å². The molecule has 5 rings (SSSR count). The van der Waals surface area contributed by atoms with E-state index in [0.717, 1.165) is 33.9 Å². The largest absolute Gasteiger partial charge is 0.433 e. The highest BCUT2D eigenvalue weighted by Gasteiger charge is 2.34. The van der Waals surface area contributed by atoms with E-state index in [9.17, 15) is 13.2 Å². The van der Waals surface area contributed by atoms with Crippen LogP contribution in [0.3, 0.4) is 0 Å². The zero-order valence-corrected chi connectivity index (χ0v) is 20.1. The molecule has 0 spiro atoms. The third kappa shape index (κ3) is 4.49. The number of rotatable bonds is 4. The SMILES string of the molecule is Cc1cccc(-c2nn(-c3nc(-c4cccs4)cc(C(F)(F)F)n3)c(-c3cccc(C)c3)c2C)c1. The Bertz CT molecular complexity index is 1520. The minimum Gasteiger partial charge on any atom is -0.210 e. The highest BCUT2D eigenvalue weighted by molar-refractivity contribution is 7.13. The van der Waals surface area contributed by atoms with Crippen LogP contribution in [0, 0.1) is 20.8 Å². The van der Waals surface area contributed by atoms with Crippen LogP contribution in [0.25, 0.3) is 39.0 Å². The van der Waals surface area contributed by atoms with Crippen LogP contribution in [-0.4, -0.2) is 19.7 Å². The summed E-state index contributed by atoms with van der Waals surface area (Å²) >= 11 is 1.32. The van der Waals surface area contributed by atoms with Gasteiger partial charge in [0, 0.05) is 16.7 Å². The molecule has 2 aromatic carbocycles. The molecule has 0 fully saturated rings. The van der Waals surface area contributed by atoms with Crippen LogP contribution < -0.4 is 0 Å². The Kier molecular flexibility index (Phi) is 5.76. The minimum atomic E-state index is -4.63. The second-order valence-electron chi connectivity index (χ2n) is 8.39. The van der Waals surface area contributed by atoms with Crippen molar-refractivity contribution >= 4 is 11.3 Å². The Hall–Kier alpha value is -3.78. The average molecular weight is 491 g/mol. The molecule has 176 valence electrons.